The first-order valence-corrected chi connectivity index (χ1v) is 22.4. The number of rotatable bonds is 14. The highest BCUT2D eigenvalue weighted by molar-refractivity contribution is 6.06. The van der Waals surface area contributed by atoms with Crippen molar-refractivity contribution in [3.05, 3.63) is 113 Å². The van der Waals surface area contributed by atoms with Crippen molar-refractivity contribution >= 4 is 51.3 Å². The highest BCUT2D eigenvalue weighted by Crippen LogP contribution is 2.40. The molecule has 3 aliphatic heterocycles. The number of piperidine rings is 1. The third-order valence-electron chi connectivity index (χ3n) is 13.8. The molecule has 2 aromatic heterocycles. The van der Waals surface area contributed by atoms with Crippen molar-refractivity contribution in [3.63, 3.8) is 0 Å². The van der Waals surface area contributed by atoms with Crippen molar-refractivity contribution in [1.29, 1.82) is 0 Å². The lowest BCUT2D eigenvalue weighted by Crippen LogP contribution is -2.52. The highest BCUT2D eigenvalue weighted by atomic mass is 16.5. The van der Waals surface area contributed by atoms with Crippen LogP contribution in [0.4, 0.5) is 0 Å². The van der Waals surface area contributed by atoms with Crippen molar-refractivity contribution in [1.82, 2.24) is 34.4 Å². The van der Waals surface area contributed by atoms with Crippen LogP contribution in [0, 0.1) is 13.8 Å². The number of fused-ring (bicyclic) bond motifs is 4. The number of hydrogen-bond donors (Lipinski definition) is 2. The zero-order valence-electron chi connectivity index (χ0n) is 36.7. The minimum absolute atomic E-state index is 0.0137. The van der Waals surface area contributed by atoms with Gasteiger partial charge in [-0.1, -0.05) is 60.7 Å². The van der Waals surface area contributed by atoms with E-state index >= 15 is 0 Å². The fourth-order valence-corrected chi connectivity index (χ4v) is 10.5. The van der Waals surface area contributed by atoms with E-state index in [1.54, 1.807) is 18.2 Å². The van der Waals surface area contributed by atoms with Crippen LogP contribution in [-0.4, -0.2) is 115 Å². The number of benzene rings is 4. The number of hydrogen-bond acceptors (Lipinski definition) is 9. The average molecular weight is 878 g/mol. The van der Waals surface area contributed by atoms with Crippen LogP contribution in [0.2, 0.25) is 0 Å². The maximum absolute atomic E-state index is 13.7. The van der Waals surface area contributed by atoms with Crippen molar-refractivity contribution in [2.45, 2.75) is 77.2 Å². The number of aryl methyl sites for hydroxylation is 3. The first-order valence-electron chi connectivity index (χ1n) is 22.4. The first kappa shape index (κ1) is 42.0. The summed E-state index contributed by atoms with van der Waals surface area (Å²) in [4.78, 5) is 70.5. The minimum atomic E-state index is -0.978. The van der Waals surface area contributed by atoms with Crippen LogP contribution in [-0.2, 0) is 40.9 Å². The number of carboxylic acid groups (broad SMARTS) is 1. The van der Waals surface area contributed by atoms with Gasteiger partial charge < -0.3 is 28.9 Å². The molecular weight excluding hydrogens is 827 g/mol. The SMILES string of the molecule is Cc1nn(C)c(C)c1-c1cccc2c(CCCOc3cccc4ccccc34)c(C(=O)O)n(CCN3CCN(C(=O)COc4cccc5c4CN(C4CCC(=O)NC4=O)C5=O)C4CC43)c12. The standard InChI is InChI=1S/C50H51N7O8/c1-29-45(30(2)53(3)52-29)36-15-7-13-33-34(16-9-25-64-41-17-6-11-31-10-4-5-12-32(31)41)47(50(62)63)56(46(33)36)24-22-54-21-23-55(40-26-39(40)54)44(59)28-65-42-18-8-14-35-37(42)27-57(49(35)61)38-19-20-43(58)51-48(38)60/h4-8,10-15,17-18,38-40H,9,16,19-28H2,1-3H3,(H,62,63)(H,51,58,60). The van der Waals surface area contributed by atoms with Crippen LogP contribution >= 0.6 is 0 Å². The van der Waals surface area contributed by atoms with Gasteiger partial charge in [0.15, 0.2) is 6.61 Å². The van der Waals surface area contributed by atoms with E-state index in [4.69, 9.17) is 14.6 Å². The Morgan fingerprint density at radius 3 is 2.42 bits per heavy atom. The van der Waals surface area contributed by atoms with E-state index in [-0.39, 0.29) is 61.5 Å². The molecule has 5 heterocycles. The average Bonchev–Trinajstić information content (AvgIpc) is 3.86. The minimum Gasteiger partial charge on any atom is -0.493 e. The van der Waals surface area contributed by atoms with Crippen molar-refractivity contribution in [2.75, 3.05) is 32.8 Å². The lowest BCUT2D eigenvalue weighted by Gasteiger charge is -2.34. The van der Waals surface area contributed by atoms with Crippen LogP contribution in [0.15, 0.2) is 78.9 Å². The molecular formula is C50H51N7O8. The summed E-state index contributed by atoms with van der Waals surface area (Å²) in [5, 5.41) is 21.1. The van der Waals surface area contributed by atoms with Gasteiger partial charge in [0.05, 0.1) is 24.4 Å². The third-order valence-corrected chi connectivity index (χ3v) is 13.8. The molecule has 0 spiro atoms. The molecule has 15 nitrogen and oxygen atoms in total. The first-order chi connectivity index (χ1) is 31.5. The fourth-order valence-electron chi connectivity index (χ4n) is 10.5. The molecule has 65 heavy (non-hydrogen) atoms. The van der Waals surface area contributed by atoms with Gasteiger partial charge in [0.1, 0.15) is 23.2 Å². The molecule has 3 atom stereocenters. The summed E-state index contributed by atoms with van der Waals surface area (Å²) in [6.45, 7) is 6.56. The van der Waals surface area contributed by atoms with Gasteiger partial charge in [-0.25, -0.2) is 4.79 Å². The Morgan fingerprint density at radius 1 is 0.862 bits per heavy atom. The van der Waals surface area contributed by atoms with Gasteiger partial charge in [-0.3, -0.25) is 34.1 Å². The summed E-state index contributed by atoms with van der Waals surface area (Å²) >= 11 is 0. The molecule has 0 radical (unpaired) electrons. The monoisotopic (exact) mass is 877 g/mol. The molecule has 1 aliphatic carbocycles. The number of imide groups is 1. The molecule has 10 rings (SSSR count). The van der Waals surface area contributed by atoms with E-state index in [0.29, 0.717) is 62.5 Å². The Kier molecular flexibility index (Phi) is 10.9. The number of carboxylic acids is 1. The van der Waals surface area contributed by atoms with E-state index in [9.17, 15) is 29.1 Å². The van der Waals surface area contributed by atoms with Crippen LogP contribution in [0.5, 0.6) is 11.5 Å². The number of carbonyl (C=O) groups is 5. The maximum Gasteiger partial charge on any atom is 0.352 e. The molecule has 2 N–H and O–H groups in total. The number of aromatic nitrogens is 3. The lowest BCUT2D eigenvalue weighted by molar-refractivity contribution is -0.137. The van der Waals surface area contributed by atoms with Crippen LogP contribution < -0.4 is 14.8 Å². The molecule has 1 saturated carbocycles. The number of para-hydroxylation sites is 1. The molecule has 0 bridgehead atoms. The number of carbonyl (C=O) groups excluding carboxylic acids is 4. The summed E-state index contributed by atoms with van der Waals surface area (Å²) in [6.07, 6.45) is 2.35. The second-order valence-corrected chi connectivity index (χ2v) is 17.5. The zero-order valence-corrected chi connectivity index (χ0v) is 36.7. The van der Waals surface area contributed by atoms with Crippen LogP contribution in [0.3, 0.4) is 0 Å². The second kappa shape index (κ2) is 16.8. The quantitative estimate of drug-likeness (QED) is 0.103. The molecule has 6 aromatic rings. The zero-order chi connectivity index (χ0) is 45.1. The topological polar surface area (TPSA) is 169 Å². The van der Waals surface area contributed by atoms with Gasteiger partial charge in [-0.05, 0) is 68.7 Å². The van der Waals surface area contributed by atoms with E-state index in [0.717, 1.165) is 61.9 Å². The number of nitrogens with zero attached hydrogens (tertiary/aromatic N) is 6. The van der Waals surface area contributed by atoms with Crippen molar-refractivity contribution < 1.29 is 38.6 Å². The number of amides is 4. The molecule has 3 fully saturated rings. The van der Waals surface area contributed by atoms with Gasteiger partial charge in [-0.2, -0.15) is 5.10 Å². The number of aromatic carboxylic acids is 1. The van der Waals surface area contributed by atoms with Crippen molar-refractivity contribution in [2.24, 2.45) is 7.05 Å². The van der Waals surface area contributed by atoms with Crippen LogP contribution in [0.25, 0.3) is 32.8 Å². The fraction of sp³-hybridized carbons (Fsp3) is 0.360. The normalized spacial score (nSPS) is 19.4. The van der Waals surface area contributed by atoms with Crippen LogP contribution in [0.1, 0.15) is 69.0 Å². The Hall–Kier alpha value is -7.00. The van der Waals surface area contributed by atoms with E-state index in [1.807, 2.05) is 77.5 Å². The van der Waals surface area contributed by atoms with E-state index < -0.39 is 17.9 Å². The Labute approximate surface area is 375 Å². The third kappa shape index (κ3) is 7.56. The van der Waals surface area contributed by atoms with Gasteiger partial charge in [0, 0.05) is 90.5 Å². The number of ether oxygens (including phenoxy) is 2. The molecule has 334 valence electrons. The lowest BCUT2D eigenvalue weighted by atomic mass is 9.98. The molecule has 4 aromatic carbocycles. The van der Waals surface area contributed by atoms with E-state index in [2.05, 4.69) is 28.4 Å². The van der Waals surface area contributed by atoms with Gasteiger partial charge >= 0.3 is 5.97 Å². The summed E-state index contributed by atoms with van der Waals surface area (Å²) in [6, 6.07) is 24.7. The van der Waals surface area contributed by atoms with E-state index in [1.165, 1.54) is 4.90 Å². The summed E-state index contributed by atoms with van der Waals surface area (Å²) in [5.74, 6) is -1.03. The van der Waals surface area contributed by atoms with Gasteiger partial charge in [0.25, 0.3) is 11.8 Å². The summed E-state index contributed by atoms with van der Waals surface area (Å²) in [7, 11) is 1.92. The number of nitrogens with one attached hydrogen (secondary N) is 1. The van der Waals surface area contributed by atoms with Crippen molar-refractivity contribution in [3.8, 4) is 22.6 Å². The largest absolute Gasteiger partial charge is 0.493 e. The summed E-state index contributed by atoms with van der Waals surface area (Å²) in [5.41, 5.74) is 6.80. The Morgan fingerprint density at radius 2 is 1.62 bits per heavy atom. The van der Waals surface area contributed by atoms with Gasteiger partial charge in [-0.15, -0.1) is 0 Å². The molecule has 4 amide bonds. The Bertz CT molecular complexity index is 2930. The predicted molar refractivity (Wildman–Crippen MR) is 242 cm³/mol. The second-order valence-electron chi connectivity index (χ2n) is 17.5. The summed E-state index contributed by atoms with van der Waals surface area (Å²) < 4.78 is 16.3. The number of piperazine rings is 1. The molecule has 3 unspecified atom stereocenters. The van der Waals surface area contributed by atoms with Gasteiger partial charge in [0.2, 0.25) is 11.8 Å². The highest BCUT2D eigenvalue weighted by Gasteiger charge is 2.50. The molecule has 15 heteroatoms. The Balaban J connectivity index is 0.840. The smallest absolute Gasteiger partial charge is 0.352 e. The maximum atomic E-state index is 13.7. The predicted octanol–water partition coefficient (Wildman–Crippen LogP) is 5.65. The molecule has 4 aliphatic rings. The molecule has 2 saturated heterocycles.